The third-order valence-electron chi connectivity index (χ3n) is 2.45. The summed E-state index contributed by atoms with van der Waals surface area (Å²) in [5, 5.41) is 19.8. The van der Waals surface area contributed by atoms with Gasteiger partial charge in [0.05, 0.1) is 5.69 Å². The summed E-state index contributed by atoms with van der Waals surface area (Å²) in [7, 11) is 0. The summed E-state index contributed by atoms with van der Waals surface area (Å²) in [4.78, 5) is 10.5. The van der Waals surface area contributed by atoms with Gasteiger partial charge in [-0.15, -0.1) is 5.10 Å². The van der Waals surface area contributed by atoms with Gasteiger partial charge in [0, 0.05) is 6.08 Å². The molecule has 0 aliphatic carbocycles. The van der Waals surface area contributed by atoms with E-state index in [1.54, 1.807) is 0 Å². The van der Waals surface area contributed by atoms with E-state index in [0.717, 1.165) is 22.9 Å². The molecule has 2 aromatic rings. The van der Waals surface area contributed by atoms with Crippen LogP contribution in [0.15, 0.2) is 24.3 Å². The summed E-state index contributed by atoms with van der Waals surface area (Å²) in [5.74, 6) is -0.658. The third-order valence-corrected chi connectivity index (χ3v) is 2.45. The molecule has 0 radical (unpaired) electrons. The number of aryl methyl sites for hydroxylation is 2. The van der Waals surface area contributed by atoms with Crippen molar-refractivity contribution >= 4 is 12.0 Å². The van der Waals surface area contributed by atoms with Crippen LogP contribution in [-0.4, -0.2) is 31.3 Å². The number of tetrazole rings is 1. The van der Waals surface area contributed by atoms with Gasteiger partial charge in [-0.1, -0.05) is 17.7 Å². The number of carboxylic acids is 1. The first-order valence-corrected chi connectivity index (χ1v) is 5.35. The zero-order chi connectivity index (χ0) is 13.1. The highest BCUT2D eigenvalue weighted by molar-refractivity contribution is 5.84. The Morgan fingerprint density at radius 1 is 1.39 bits per heavy atom. The van der Waals surface area contributed by atoms with Crippen LogP contribution >= 0.6 is 0 Å². The Bertz CT molecular complexity index is 616. The average molecular weight is 244 g/mol. The van der Waals surface area contributed by atoms with Crippen LogP contribution in [0.1, 0.15) is 17.0 Å². The van der Waals surface area contributed by atoms with Crippen molar-refractivity contribution in [3.05, 3.63) is 41.2 Å². The SMILES string of the molecule is Cc1ccc(-n2nnnc2/C=C/C(=O)O)c(C)c1. The molecule has 2 rings (SSSR count). The highest BCUT2D eigenvalue weighted by Crippen LogP contribution is 2.15. The maximum absolute atomic E-state index is 10.5. The van der Waals surface area contributed by atoms with Gasteiger partial charge in [-0.3, -0.25) is 0 Å². The van der Waals surface area contributed by atoms with Crippen molar-refractivity contribution in [1.29, 1.82) is 0 Å². The van der Waals surface area contributed by atoms with Crippen LogP contribution in [0, 0.1) is 13.8 Å². The molecule has 1 heterocycles. The van der Waals surface area contributed by atoms with Gasteiger partial charge in [0.15, 0.2) is 5.82 Å². The van der Waals surface area contributed by atoms with Crippen molar-refractivity contribution < 1.29 is 9.90 Å². The van der Waals surface area contributed by atoms with Gasteiger partial charge in [-0.25, -0.2) is 4.79 Å². The number of carboxylic acid groups (broad SMARTS) is 1. The van der Waals surface area contributed by atoms with Crippen LogP contribution < -0.4 is 0 Å². The van der Waals surface area contributed by atoms with E-state index in [0.29, 0.717) is 5.82 Å². The van der Waals surface area contributed by atoms with Crippen molar-refractivity contribution in [1.82, 2.24) is 20.2 Å². The molecule has 6 nitrogen and oxygen atoms in total. The van der Waals surface area contributed by atoms with Crippen LogP contribution in [0.2, 0.25) is 0 Å². The summed E-state index contributed by atoms with van der Waals surface area (Å²) in [6, 6.07) is 5.87. The number of aromatic nitrogens is 4. The van der Waals surface area contributed by atoms with Crippen LogP contribution in [-0.2, 0) is 4.79 Å². The molecule has 1 N–H and O–H groups in total. The molecule has 0 spiro atoms. The number of rotatable bonds is 3. The lowest BCUT2D eigenvalue weighted by atomic mass is 10.1. The molecule has 0 fully saturated rings. The molecule has 0 aliphatic heterocycles. The summed E-state index contributed by atoms with van der Waals surface area (Å²) in [6.07, 6.45) is 2.37. The van der Waals surface area contributed by atoms with Gasteiger partial charge >= 0.3 is 5.97 Å². The maximum atomic E-state index is 10.5. The van der Waals surface area contributed by atoms with E-state index in [-0.39, 0.29) is 0 Å². The molecule has 92 valence electrons. The van der Waals surface area contributed by atoms with Gasteiger partial charge in [-0.2, -0.15) is 4.68 Å². The number of nitrogens with zero attached hydrogens (tertiary/aromatic N) is 4. The van der Waals surface area contributed by atoms with Crippen molar-refractivity contribution in [3.63, 3.8) is 0 Å². The number of benzene rings is 1. The fraction of sp³-hybridized carbons (Fsp3) is 0.167. The Kier molecular flexibility index (Phi) is 3.18. The smallest absolute Gasteiger partial charge is 0.328 e. The lowest BCUT2D eigenvalue weighted by Gasteiger charge is -2.06. The van der Waals surface area contributed by atoms with Crippen LogP contribution in [0.4, 0.5) is 0 Å². The second-order valence-electron chi connectivity index (χ2n) is 3.91. The molecule has 0 saturated carbocycles. The Morgan fingerprint density at radius 2 is 2.17 bits per heavy atom. The van der Waals surface area contributed by atoms with Crippen LogP contribution in [0.5, 0.6) is 0 Å². The van der Waals surface area contributed by atoms with E-state index in [4.69, 9.17) is 5.11 Å². The van der Waals surface area contributed by atoms with Crippen molar-refractivity contribution in [2.45, 2.75) is 13.8 Å². The number of hydrogen-bond donors (Lipinski definition) is 1. The molecule has 0 saturated heterocycles. The largest absolute Gasteiger partial charge is 0.478 e. The van der Waals surface area contributed by atoms with Crippen molar-refractivity contribution in [2.75, 3.05) is 0 Å². The quantitative estimate of drug-likeness (QED) is 0.825. The standard InChI is InChI=1S/C12H12N4O2/c1-8-3-4-10(9(2)7-8)16-11(13-14-15-16)5-6-12(17)18/h3-7H,1-2H3,(H,17,18)/b6-5+. The Balaban J connectivity index is 2.45. The monoisotopic (exact) mass is 244 g/mol. The molecular formula is C12H12N4O2. The third kappa shape index (κ3) is 2.42. The number of carbonyl (C=O) groups is 1. The Morgan fingerprint density at radius 3 is 2.83 bits per heavy atom. The van der Waals surface area contributed by atoms with E-state index < -0.39 is 5.97 Å². The van der Waals surface area contributed by atoms with E-state index in [1.807, 2.05) is 32.0 Å². The zero-order valence-electron chi connectivity index (χ0n) is 10.0. The lowest BCUT2D eigenvalue weighted by Crippen LogP contribution is -2.02. The van der Waals surface area contributed by atoms with Crippen molar-refractivity contribution in [3.8, 4) is 5.69 Å². The minimum Gasteiger partial charge on any atom is -0.478 e. The first kappa shape index (κ1) is 12.0. The van der Waals surface area contributed by atoms with Gasteiger partial charge < -0.3 is 5.11 Å². The first-order valence-electron chi connectivity index (χ1n) is 5.35. The molecule has 0 bridgehead atoms. The second-order valence-corrected chi connectivity index (χ2v) is 3.91. The van der Waals surface area contributed by atoms with Gasteiger partial charge in [0.2, 0.25) is 0 Å². The molecule has 1 aromatic heterocycles. The Labute approximate surface area is 104 Å². The predicted octanol–water partition coefficient (Wildman–Crippen LogP) is 1.38. The van der Waals surface area contributed by atoms with Gasteiger partial charge in [0.1, 0.15) is 0 Å². The molecule has 0 aliphatic rings. The number of aliphatic carboxylic acids is 1. The molecule has 0 atom stereocenters. The van der Waals surface area contributed by atoms with E-state index in [9.17, 15) is 4.79 Å². The minimum absolute atomic E-state index is 0.379. The maximum Gasteiger partial charge on any atom is 0.328 e. The zero-order valence-corrected chi connectivity index (χ0v) is 10.0. The minimum atomic E-state index is -1.04. The highest BCUT2D eigenvalue weighted by Gasteiger charge is 2.08. The van der Waals surface area contributed by atoms with E-state index >= 15 is 0 Å². The fourth-order valence-corrected chi connectivity index (χ4v) is 1.66. The average Bonchev–Trinajstić information content (AvgIpc) is 2.74. The van der Waals surface area contributed by atoms with Gasteiger partial charge in [-0.05, 0) is 42.0 Å². The van der Waals surface area contributed by atoms with E-state index in [2.05, 4.69) is 15.5 Å². The molecule has 6 heteroatoms. The van der Waals surface area contributed by atoms with Crippen LogP contribution in [0.25, 0.3) is 11.8 Å². The lowest BCUT2D eigenvalue weighted by molar-refractivity contribution is -0.131. The number of hydrogen-bond acceptors (Lipinski definition) is 4. The second kappa shape index (κ2) is 4.79. The van der Waals surface area contributed by atoms with Gasteiger partial charge in [0.25, 0.3) is 0 Å². The normalized spacial score (nSPS) is 11.0. The predicted molar refractivity (Wildman–Crippen MR) is 65.3 cm³/mol. The topological polar surface area (TPSA) is 80.9 Å². The highest BCUT2D eigenvalue weighted by atomic mass is 16.4. The molecule has 18 heavy (non-hydrogen) atoms. The molecule has 1 aromatic carbocycles. The van der Waals surface area contributed by atoms with Crippen LogP contribution in [0.3, 0.4) is 0 Å². The Hall–Kier alpha value is -2.50. The summed E-state index contributed by atoms with van der Waals surface area (Å²) < 4.78 is 1.51. The summed E-state index contributed by atoms with van der Waals surface area (Å²) in [5.41, 5.74) is 3.00. The van der Waals surface area contributed by atoms with E-state index in [1.165, 1.54) is 10.8 Å². The summed E-state index contributed by atoms with van der Waals surface area (Å²) >= 11 is 0. The fourth-order valence-electron chi connectivity index (χ4n) is 1.66. The first-order chi connectivity index (χ1) is 8.58. The molecule has 0 unspecified atom stereocenters. The molecular weight excluding hydrogens is 232 g/mol. The van der Waals surface area contributed by atoms with Crippen molar-refractivity contribution in [2.24, 2.45) is 0 Å². The summed E-state index contributed by atoms with van der Waals surface area (Å²) in [6.45, 7) is 3.95. The molecule has 0 amide bonds.